The molecule has 3 N–H and O–H groups in total. The van der Waals surface area contributed by atoms with Gasteiger partial charge in [0.05, 0.1) is 13.0 Å². The fraction of sp³-hybridized carbons (Fsp3) is 0.412. The molecule has 0 unspecified atom stereocenters. The summed E-state index contributed by atoms with van der Waals surface area (Å²) in [6, 6.07) is 6.97. The van der Waals surface area contributed by atoms with E-state index in [1.807, 2.05) is 0 Å². The molecule has 136 valence electrons. The van der Waals surface area contributed by atoms with Gasteiger partial charge in [0.1, 0.15) is 0 Å². The Morgan fingerprint density at radius 3 is 2.36 bits per heavy atom. The first kappa shape index (κ1) is 20.6. The summed E-state index contributed by atoms with van der Waals surface area (Å²) in [5.74, 6) is -1.02. The highest BCUT2D eigenvalue weighted by Crippen LogP contribution is 2.15. The maximum Gasteiger partial charge on any atom is 0.306 e. The molecule has 0 fully saturated rings. The van der Waals surface area contributed by atoms with Crippen LogP contribution < -0.4 is 16.0 Å². The zero-order valence-corrected chi connectivity index (χ0v) is 15.4. The molecule has 0 aliphatic carbocycles. The van der Waals surface area contributed by atoms with Crippen LogP contribution in [0.2, 0.25) is 0 Å². The van der Waals surface area contributed by atoms with Crippen LogP contribution in [0.4, 0.5) is 11.4 Å². The van der Waals surface area contributed by atoms with Crippen molar-refractivity contribution in [3.8, 4) is 0 Å². The summed E-state index contributed by atoms with van der Waals surface area (Å²) in [7, 11) is 0. The normalized spacial score (nSPS) is 10.1. The van der Waals surface area contributed by atoms with Crippen LogP contribution in [0.15, 0.2) is 24.3 Å². The predicted octanol–water partition coefficient (Wildman–Crippen LogP) is 2.44. The van der Waals surface area contributed by atoms with Crippen LogP contribution in [0.25, 0.3) is 0 Å². The summed E-state index contributed by atoms with van der Waals surface area (Å²) in [6.07, 6.45) is -0.00978. The van der Waals surface area contributed by atoms with Crippen LogP contribution in [-0.2, 0) is 19.1 Å². The second-order valence-electron chi connectivity index (χ2n) is 5.53. The van der Waals surface area contributed by atoms with Gasteiger partial charge in [0.25, 0.3) is 0 Å². The lowest BCUT2D eigenvalue weighted by atomic mass is 10.2. The first-order chi connectivity index (χ1) is 11.8. The lowest BCUT2D eigenvalue weighted by Gasteiger charge is -2.12. The predicted molar refractivity (Wildman–Crippen MR) is 100 cm³/mol. The number of carbonyl (C=O) groups excluding carboxylic acids is 3. The molecule has 0 heterocycles. The number of amides is 2. The molecule has 2 amide bonds. The number of anilines is 2. The van der Waals surface area contributed by atoms with Gasteiger partial charge in [-0.3, -0.25) is 14.4 Å². The van der Waals surface area contributed by atoms with Crippen molar-refractivity contribution in [2.24, 2.45) is 5.92 Å². The molecule has 8 heteroatoms. The number of carbonyl (C=O) groups is 3. The standard InChI is InChI=1S/C17H23N3O4S/c1-4-24-15(22)9-8-14(21)20-17(25)19-13-7-5-6-12(10-13)18-16(23)11(2)3/h5-7,10-11H,4,8-9H2,1-3H3,(H,18,23)(H2,19,20,21,25). The average molecular weight is 365 g/mol. The van der Waals surface area contributed by atoms with Gasteiger partial charge in [-0.25, -0.2) is 0 Å². The fourth-order valence-electron chi connectivity index (χ4n) is 1.76. The summed E-state index contributed by atoms with van der Waals surface area (Å²) in [5.41, 5.74) is 1.25. The van der Waals surface area contributed by atoms with Crippen molar-refractivity contribution in [2.45, 2.75) is 33.6 Å². The minimum atomic E-state index is -0.426. The Morgan fingerprint density at radius 2 is 1.76 bits per heavy atom. The van der Waals surface area contributed by atoms with Crippen LogP contribution in [0.3, 0.4) is 0 Å². The van der Waals surface area contributed by atoms with Gasteiger partial charge in [0.15, 0.2) is 5.11 Å². The minimum Gasteiger partial charge on any atom is -0.466 e. The molecule has 0 aromatic heterocycles. The Balaban J connectivity index is 2.50. The smallest absolute Gasteiger partial charge is 0.306 e. The molecule has 0 aliphatic heterocycles. The van der Waals surface area contributed by atoms with Crippen molar-refractivity contribution < 1.29 is 19.1 Å². The Labute approximate surface area is 152 Å². The summed E-state index contributed by atoms with van der Waals surface area (Å²) in [5, 5.41) is 8.24. The number of hydrogen-bond donors (Lipinski definition) is 3. The molecular weight excluding hydrogens is 342 g/mol. The number of nitrogens with one attached hydrogen (secondary N) is 3. The van der Waals surface area contributed by atoms with E-state index in [1.54, 1.807) is 45.0 Å². The Morgan fingerprint density at radius 1 is 1.12 bits per heavy atom. The van der Waals surface area contributed by atoms with Crippen molar-refractivity contribution in [1.29, 1.82) is 0 Å². The number of hydrogen-bond acceptors (Lipinski definition) is 5. The summed E-state index contributed by atoms with van der Waals surface area (Å²) < 4.78 is 4.75. The second kappa shape index (κ2) is 10.4. The molecule has 25 heavy (non-hydrogen) atoms. The Kier molecular flexibility index (Phi) is 8.55. The molecule has 0 atom stereocenters. The molecule has 1 rings (SSSR count). The van der Waals surface area contributed by atoms with E-state index in [-0.39, 0.29) is 42.3 Å². The van der Waals surface area contributed by atoms with Crippen LogP contribution in [-0.4, -0.2) is 29.5 Å². The molecule has 0 saturated heterocycles. The number of benzene rings is 1. The lowest BCUT2D eigenvalue weighted by molar-refractivity contribution is -0.144. The zero-order chi connectivity index (χ0) is 18.8. The van der Waals surface area contributed by atoms with Gasteiger partial charge in [-0.1, -0.05) is 19.9 Å². The van der Waals surface area contributed by atoms with Crippen LogP contribution in [0.1, 0.15) is 33.6 Å². The maximum absolute atomic E-state index is 11.7. The monoisotopic (exact) mass is 365 g/mol. The highest BCUT2D eigenvalue weighted by Gasteiger charge is 2.10. The molecule has 0 spiro atoms. The van der Waals surface area contributed by atoms with E-state index in [1.165, 1.54) is 0 Å². The number of ether oxygens (including phenoxy) is 1. The minimum absolute atomic E-state index is 0.000987. The van der Waals surface area contributed by atoms with Gasteiger partial charge in [0, 0.05) is 23.7 Å². The van der Waals surface area contributed by atoms with Crippen molar-refractivity contribution >= 4 is 46.5 Å². The van der Waals surface area contributed by atoms with Crippen molar-refractivity contribution in [1.82, 2.24) is 5.32 Å². The van der Waals surface area contributed by atoms with Crippen molar-refractivity contribution in [3.63, 3.8) is 0 Å². The van der Waals surface area contributed by atoms with Gasteiger partial charge in [0.2, 0.25) is 11.8 Å². The van der Waals surface area contributed by atoms with E-state index < -0.39 is 5.97 Å². The van der Waals surface area contributed by atoms with E-state index in [0.717, 1.165) is 0 Å². The largest absolute Gasteiger partial charge is 0.466 e. The Hall–Kier alpha value is -2.48. The molecule has 1 aromatic carbocycles. The Bertz CT molecular complexity index is 647. The number of rotatable bonds is 7. The van der Waals surface area contributed by atoms with E-state index in [2.05, 4.69) is 16.0 Å². The summed E-state index contributed by atoms with van der Waals surface area (Å²) in [4.78, 5) is 34.7. The molecule has 0 bridgehead atoms. The van der Waals surface area contributed by atoms with Gasteiger partial charge >= 0.3 is 5.97 Å². The summed E-state index contributed by atoms with van der Waals surface area (Å²) >= 11 is 5.07. The van der Waals surface area contributed by atoms with Crippen molar-refractivity contribution in [3.05, 3.63) is 24.3 Å². The fourth-order valence-corrected chi connectivity index (χ4v) is 1.99. The first-order valence-corrected chi connectivity index (χ1v) is 8.40. The molecular formula is C17H23N3O4S. The van der Waals surface area contributed by atoms with E-state index in [9.17, 15) is 14.4 Å². The van der Waals surface area contributed by atoms with Crippen LogP contribution in [0, 0.1) is 5.92 Å². The number of thiocarbonyl (C=S) groups is 1. The molecule has 7 nitrogen and oxygen atoms in total. The van der Waals surface area contributed by atoms with Gasteiger partial charge in [-0.05, 0) is 37.3 Å². The van der Waals surface area contributed by atoms with Gasteiger partial charge in [-0.15, -0.1) is 0 Å². The molecule has 0 radical (unpaired) electrons. The van der Waals surface area contributed by atoms with Gasteiger partial charge < -0.3 is 20.7 Å². The second-order valence-corrected chi connectivity index (χ2v) is 5.94. The van der Waals surface area contributed by atoms with E-state index in [4.69, 9.17) is 17.0 Å². The quantitative estimate of drug-likeness (QED) is 0.507. The molecule has 0 aliphatic rings. The first-order valence-electron chi connectivity index (χ1n) is 7.99. The van der Waals surface area contributed by atoms with E-state index in [0.29, 0.717) is 11.4 Å². The number of esters is 1. The topological polar surface area (TPSA) is 96.5 Å². The van der Waals surface area contributed by atoms with Crippen LogP contribution in [0.5, 0.6) is 0 Å². The lowest BCUT2D eigenvalue weighted by Crippen LogP contribution is -2.34. The molecule has 0 saturated carbocycles. The van der Waals surface area contributed by atoms with Crippen molar-refractivity contribution in [2.75, 3.05) is 17.2 Å². The SMILES string of the molecule is CCOC(=O)CCC(=O)NC(=S)Nc1cccc(NC(=O)C(C)C)c1. The average Bonchev–Trinajstić information content (AvgIpc) is 2.53. The third-order valence-electron chi connectivity index (χ3n) is 3.03. The summed E-state index contributed by atoms with van der Waals surface area (Å²) in [6.45, 7) is 5.59. The third kappa shape index (κ3) is 8.25. The highest BCUT2D eigenvalue weighted by atomic mass is 32.1. The van der Waals surface area contributed by atoms with Crippen LogP contribution >= 0.6 is 12.2 Å². The molecule has 1 aromatic rings. The van der Waals surface area contributed by atoms with Gasteiger partial charge in [-0.2, -0.15) is 0 Å². The highest BCUT2D eigenvalue weighted by molar-refractivity contribution is 7.80. The maximum atomic E-state index is 11.7. The van der Waals surface area contributed by atoms with E-state index >= 15 is 0 Å². The third-order valence-corrected chi connectivity index (χ3v) is 3.23. The zero-order valence-electron chi connectivity index (χ0n) is 14.5.